The van der Waals surface area contributed by atoms with E-state index in [-0.39, 0.29) is 5.56 Å². The van der Waals surface area contributed by atoms with Crippen LogP contribution in [0.3, 0.4) is 0 Å². The molecule has 0 aliphatic heterocycles. The molecule has 0 bridgehead atoms. The van der Waals surface area contributed by atoms with Crippen molar-refractivity contribution in [2.45, 2.75) is 0 Å². The number of hydrogen-bond donors (Lipinski definition) is 0. The Bertz CT molecular complexity index is 1590. The first kappa shape index (κ1) is 17.3. The lowest BCUT2D eigenvalue weighted by Crippen LogP contribution is -2.23. The van der Waals surface area contributed by atoms with Gasteiger partial charge in [-0.05, 0) is 24.3 Å². The summed E-state index contributed by atoms with van der Waals surface area (Å²) >= 11 is 2.87. The standard InChI is InChI=1S/C22H12N4O2S2/c27-21-18(30-22-24-19(25-26(21)22)13-6-2-1-3-7-13)12-14-10-11-16(28-14)20-23-15-8-4-5-9-17(15)29-20/h1-12H. The number of para-hydroxylation sites is 1. The fourth-order valence-electron chi connectivity index (χ4n) is 3.20. The molecule has 0 N–H and O–H groups in total. The maximum absolute atomic E-state index is 12.8. The predicted molar refractivity (Wildman–Crippen MR) is 119 cm³/mol. The van der Waals surface area contributed by atoms with Crippen molar-refractivity contribution in [2.75, 3.05) is 0 Å². The number of furan rings is 1. The van der Waals surface area contributed by atoms with Gasteiger partial charge in [0.15, 0.2) is 16.6 Å². The molecule has 8 heteroatoms. The highest BCUT2D eigenvalue weighted by atomic mass is 32.1. The van der Waals surface area contributed by atoms with Crippen molar-refractivity contribution in [3.63, 3.8) is 0 Å². The molecule has 144 valence electrons. The van der Waals surface area contributed by atoms with E-state index in [0.29, 0.717) is 26.8 Å². The van der Waals surface area contributed by atoms with Crippen LogP contribution in [0.4, 0.5) is 0 Å². The summed E-state index contributed by atoms with van der Waals surface area (Å²) in [6, 6.07) is 21.3. The molecule has 30 heavy (non-hydrogen) atoms. The molecule has 6 aromatic rings. The number of rotatable bonds is 3. The molecule has 4 aromatic heterocycles. The van der Waals surface area contributed by atoms with E-state index in [1.54, 1.807) is 17.4 Å². The van der Waals surface area contributed by atoms with Crippen LogP contribution < -0.4 is 10.1 Å². The molecule has 6 nitrogen and oxygen atoms in total. The van der Waals surface area contributed by atoms with Gasteiger partial charge in [0.25, 0.3) is 5.56 Å². The second kappa shape index (κ2) is 6.72. The van der Waals surface area contributed by atoms with Gasteiger partial charge in [-0.15, -0.1) is 16.4 Å². The molecule has 0 aliphatic carbocycles. The van der Waals surface area contributed by atoms with Gasteiger partial charge in [-0.1, -0.05) is 53.8 Å². The van der Waals surface area contributed by atoms with Crippen molar-refractivity contribution in [1.82, 2.24) is 19.6 Å². The van der Waals surface area contributed by atoms with Crippen molar-refractivity contribution < 1.29 is 4.42 Å². The van der Waals surface area contributed by atoms with Crippen molar-refractivity contribution in [3.8, 4) is 22.2 Å². The van der Waals surface area contributed by atoms with Gasteiger partial charge in [-0.2, -0.15) is 9.50 Å². The second-order valence-electron chi connectivity index (χ2n) is 6.60. The normalized spacial score (nSPS) is 12.3. The summed E-state index contributed by atoms with van der Waals surface area (Å²) in [6.45, 7) is 0. The van der Waals surface area contributed by atoms with Gasteiger partial charge in [0.05, 0.1) is 10.2 Å². The molecular weight excluding hydrogens is 416 g/mol. The lowest BCUT2D eigenvalue weighted by atomic mass is 10.2. The topological polar surface area (TPSA) is 73.3 Å². The fourth-order valence-corrected chi connectivity index (χ4v) is 5.01. The average molecular weight is 428 g/mol. The Morgan fingerprint density at radius 1 is 0.900 bits per heavy atom. The van der Waals surface area contributed by atoms with Crippen molar-refractivity contribution in [1.29, 1.82) is 0 Å². The van der Waals surface area contributed by atoms with Gasteiger partial charge in [0.2, 0.25) is 4.96 Å². The number of hydrogen-bond acceptors (Lipinski definition) is 7. The van der Waals surface area contributed by atoms with Gasteiger partial charge < -0.3 is 4.42 Å². The summed E-state index contributed by atoms with van der Waals surface area (Å²) in [5.41, 5.74) is 1.62. The predicted octanol–water partition coefficient (Wildman–Crippen LogP) is 4.24. The van der Waals surface area contributed by atoms with E-state index in [9.17, 15) is 4.79 Å². The fraction of sp³-hybridized carbons (Fsp3) is 0. The highest BCUT2D eigenvalue weighted by Gasteiger charge is 2.13. The third kappa shape index (κ3) is 2.85. The van der Waals surface area contributed by atoms with E-state index in [2.05, 4.69) is 15.1 Å². The maximum Gasteiger partial charge on any atom is 0.291 e. The van der Waals surface area contributed by atoms with Crippen LogP contribution in [0.1, 0.15) is 5.76 Å². The first-order valence-corrected chi connectivity index (χ1v) is 10.8. The molecule has 0 aliphatic rings. The Hall–Kier alpha value is -3.62. The molecule has 0 saturated carbocycles. The lowest BCUT2D eigenvalue weighted by molar-refractivity contribution is 0.571. The Morgan fingerprint density at radius 3 is 2.57 bits per heavy atom. The first-order chi connectivity index (χ1) is 14.7. The van der Waals surface area contributed by atoms with Crippen molar-refractivity contribution >= 4 is 43.9 Å². The number of aromatic nitrogens is 4. The van der Waals surface area contributed by atoms with E-state index < -0.39 is 0 Å². The summed E-state index contributed by atoms with van der Waals surface area (Å²) in [5, 5.41) is 5.18. The van der Waals surface area contributed by atoms with Crippen LogP contribution >= 0.6 is 22.7 Å². The Balaban J connectivity index is 1.38. The van der Waals surface area contributed by atoms with Gasteiger partial charge >= 0.3 is 0 Å². The van der Waals surface area contributed by atoms with Crippen LogP contribution in [0.25, 0.3) is 43.4 Å². The third-order valence-electron chi connectivity index (χ3n) is 4.62. The molecule has 2 aromatic carbocycles. The van der Waals surface area contributed by atoms with Crippen molar-refractivity contribution in [2.24, 2.45) is 0 Å². The summed E-state index contributed by atoms with van der Waals surface area (Å²) in [5.74, 6) is 1.82. The zero-order valence-electron chi connectivity index (χ0n) is 15.4. The SMILES string of the molecule is O=c1c(=Cc2ccc(-c3nc4ccccc4s3)o2)sc2nc(-c3ccccc3)nn12. The summed E-state index contributed by atoms with van der Waals surface area (Å²) in [7, 11) is 0. The maximum atomic E-state index is 12.8. The number of benzene rings is 2. The Kier molecular flexibility index (Phi) is 3.87. The third-order valence-corrected chi connectivity index (χ3v) is 6.63. The molecule has 4 heterocycles. The number of nitrogens with zero attached hydrogens (tertiary/aromatic N) is 4. The van der Waals surface area contributed by atoms with E-state index in [1.165, 1.54) is 15.9 Å². The van der Waals surface area contributed by atoms with Gasteiger partial charge in [0.1, 0.15) is 10.3 Å². The summed E-state index contributed by atoms with van der Waals surface area (Å²) in [6.07, 6.45) is 1.72. The molecule has 0 unspecified atom stereocenters. The quantitative estimate of drug-likeness (QED) is 0.422. The molecular formula is C22H12N4O2S2. The minimum atomic E-state index is -0.206. The monoisotopic (exact) mass is 428 g/mol. The minimum absolute atomic E-state index is 0.206. The molecule has 0 saturated heterocycles. The highest BCUT2D eigenvalue weighted by Crippen LogP contribution is 2.31. The summed E-state index contributed by atoms with van der Waals surface area (Å²) < 4.78 is 8.91. The summed E-state index contributed by atoms with van der Waals surface area (Å²) in [4.78, 5) is 22.4. The second-order valence-corrected chi connectivity index (χ2v) is 8.64. The van der Waals surface area contributed by atoms with E-state index >= 15 is 0 Å². The number of thiazole rings is 2. The molecule has 0 radical (unpaired) electrons. The van der Waals surface area contributed by atoms with Crippen LogP contribution in [-0.2, 0) is 0 Å². The molecule has 6 rings (SSSR count). The molecule has 0 fully saturated rings. The Labute approximate surface area is 177 Å². The largest absolute Gasteiger partial charge is 0.454 e. The van der Waals surface area contributed by atoms with Crippen LogP contribution in [0.2, 0.25) is 0 Å². The zero-order valence-corrected chi connectivity index (χ0v) is 17.0. The molecule has 0 spiro atoms. The van der Waals surface area contributed by atoms with Crippen LogP contribution in [0.5, 0.6) is 0 Å². The highest BCUT2D eigenvalue weighted by molar-refractivity contribution is 7.21. The van der Waals surface area contributed by atoms with Gasteiger partial charge in [-0.25, -0.2) is 4.98 Å². The minimum Gasteiger partial charge on any atom is -0.454 e. The van der Waals surface area contributed by atoms with E-state index in [0.717, 1.165) is 20.8 Å². The first-order valence-electron chi connectivity index (χ1n) is 9.17. The van der Waals surface area contributed by atoms with Gasteiger partial charge in [0, 0.05) is 11.6 Å². The van der Waals surface area contributed by atoms with E-state index in [1.807, 2.05) is 66.7 Å². The van der Waals surface area contributed by atoms with Gasteiger partial charge in [-0.3, -0.25) is 4.79 Å². The van der Waals surface area contributed by atoms with E-state index in [4.69, 9.17) is 4.42 Å². The number of fused-ring (bicyclic) bond motifs is 2. The van der Waals surface area contributed by atoms with Crippen LogP contribution in [-0.4, -0.2) is 19.6 Å². The smallest absolute Gasteiger partial charge is 0.291 e. The van der Waals surface area contributed by atoms with Crippen LogP contribution in [0.15, 0.2) is 75.9 Å². The molecule has 0 atom stereocenters. The van der Waals surface area contributed by atoms with Crippen molar-refractivity contribution in [3.05, 3.63) is 87.4 Å². The average Bonchev–Trinajstić information content (AvgIpc) is 3.54. The Morgan fingerprint density at radius 2 is 1.73 bits per heavy atom. The lowest BCUT2D eigenvalue weighted by Gasteiger charge is -1.91. The molecule has 0 amide bonds. The zero-order chi connectivity index (χ0) is 20.1. The van der Waals surface area contributed by atoms with Crippen LogP contribution in [0, 0.1) is 0 Å².